The summed E-state index contributed by atoms with van der Waals surface area (Å²) >= 11 is 0.947. The number of carboxylic acids is 1. The van der Waals surface area contributed by atoms with Crippen LogP contribution >= 0.6 is 11.5 Å². The van der Waals surface area contributed by atoms with Crippen molar-refractivity contribution >= 4 is 28.7 Å². The molecule has 0 aromatic carbocycles. The molecule has 2 unspecified atom stereocenters. The predicted molar refractivity (Wildman–Crippen MR) is 63.3 cm³/mol. The summed E-state index contributed by atoms with van der Waals surface area (Å²) in [7, 11) is 0. The second kappa shape index (κ2) is 5.25. The van der Waals surface area contributed by atoms with E-state index in [0.29, 0.717) is 18.9 Å². The fraction of sp³-hybridized carbons (Fsp3) is 0.667. The highest BCUT2D eigenvalue weighted by Gasteiger charge is 2.35. The lowest BCUT2D eigenvalue weighted by atomic mass is 9.93. The van der Waals surface area contributed by atoms with Gasteiger partial charge in [0.1, 0.15) is 6.04 Å². The van der Waals surface area contributed by atoms with E-state index in [1.54, 1.807) is 0 Å². The Labute approximate surface area is 107 Å². The summed E-state index contributed by atoms with van der Waals surface area (Å²) in [6, 6.07) is -1.25. The second-order valence-electron chi connectivity index (χ2n) is 4.27. The number of piperidine rings is 1. The minimum atomic E-state index is -0.980. The van der Waals surface area contributed by atoms with Crippen molar-refractivity contribution in [2.24, 2.45) is 5.92 Å². The molecule has 9 heteroatoms. The molecule has 0 radical (unpaired) electrons. The van der Waals surface area contributed by atoms with Crippen molar-refractivity contribution in [2.45, 2.75) is 25.8 Å². The van der Waals surface area contributed by atoms with Gasteiger partial charge in [-0.3, -0.25) is 5.32 Å². The zero-order valence-corrected chi connectivity index (χ0v) is 10.6. The van der Waals surface area contributed by atoms with Crippen LogP contribution < -0.4 is 5.32 Å². The lowest BCUT2D eigenvalue weighted by molar-refractivity contribution is -0.143. The Balaban J connectivity index is 2.05. The number of hydrogen-bond donors (Lipinski definition) is 2. The van der Waals surface area contributed by atoms with Gasteiger partial charge in [-0.05, 0) is 24.0 Å². The standard InChI is InChI=1S/C9H13N5O3S/c1-5-2-3-14(6(4-5)7(15)16)9(17)10-8-11-12-13-18-8/h5-6H,2-4H2,1H3,(H,15,16)(H,10,11,13,17). The number of nitrogens with zero attached hydrogens (tertiary/aromatic N) is 4. The van der Waals surface area contributed by atoms with E-state index in [-0.39, 0.29) is 5.13 Å². The minimum absolute atomic E-state index is 0.266. The minimum Gasteiger partial charge on any atom is -0.480 e. The van der Waals surface area contributed by atoms with Crippen molar-refractivity contribution < 1.29 is 14.7 Å². The summed E-state index contributed by atoms with van der Waals surface area (Å²) in [6.45, 7) is 2.41. The molecular weight excluding hydrogens is 258 g/mol. The highest BCUT2D eigenvalue weighted by molar-refractivity contribution is 7.09. The molecule has 0 bridgehead atoms. The summed E-state index contributed by atoms with van der Waals surface area (Å²) in [5.41, 5.74) is 0. The molecule has 8 nitrogen and oxygen atoms in total. The Bertz CT molecular complexity index is 437. The van der Waals surface area contributed by atoms with Crippen LogP contribution in [0.15, 0.2) is 0 Å². The van der Waals surface area contributed by atoms with Gasteiger partial charge in [0.05, 0.1) is 0 Å². The lowest BCUT2D eigenvalue weighted by Gasteiger charge is -2.35. The van der Waals surface area contributed by atoms with Crippen molar-refractivity contribution in [2.75, 3.05) is 11.9 Å². The molecule has 0 saturated carbocycles. The molecule has 1 fully saturated rings. The quantitative estimate of drug-likeness (QED) is 0.817. The van der Waals surface area contributed by atoms with Gasteiger partial charge in [0.15, 0.2) is 0 Å². The van der Waals surface area contributed by atoms with Gasteiger partial charge < -0.3 is 10.0 Å². The van der Waals surface area contributed by atoms with Crippen LogP contribution in [0.1, 0.15) is 19.8 Å². The van der Waals surface area contributed by atoms with Gasteiger partial charge in [-0.2, -0.15) is 0 Å². The van der Waals surface area contributed by atoms with Gasteiger partial charge in [0.25, 0.3) is 0 Å². The largest absolute Gasteiger partial charge is 0.480 e. The van der Waals surface area contributed by atoms with Gasteiger partial charge in [-0.15, -0.1) is 0 Å². The van der Waals surface area contributed by atoms with E-state index in [0.717, 1.165) is 18.0 Å². The number of rotatable bonds is 2. The van der Waals surface area contributed by atoms with Gasteiger partial charge in [-0.25, -0.2) is 9.59 Å². The zero-order valence-electron chi connectivity index (χ0n) is 9.74. The highest BCUT2D eigenvalue weighted by Crippen LogP contribution is 2.23. The maximum atomic E-state index is 11.9. The molecule has 2 N–H and O–H groups in total. The van der Waals surface area contributed by atoms with Crippen LogP contribution in [-0.4, -0.2) is 49.4 Å². The summed E-state index contributed by atoms with van der Waals surface area (Å²) < 4.78 is 3.52. The number of aliphatic carboxylic acids is 1. The first kappa shape index (κ1) is 12.7. The van der Waals surface area contributed by atoms with Crippen molar-refractivity contribution in [3.63, 3.8) is 0 Å². The predicted octanol–water partition coefficient (Wildman–Crippen LogP) is 0.650. The third kappa shape index (κ3) is 2.73. The number of urea groups is 1. The Morgan fingerprint density at radius 1 is 1.56 bits per heavy atom. The van der Waals surface area contributed by atoms with Crippen LogP contribution in [0.25, 0.3) is 0 Å². The smallest absolute Gasteiger partial charge is 0.326 e. The number of anilines is 1. The topological polar surface area (TPSA) is 108 Å². The van der Waals surface area contributed by atoms with Crippen LogP contribution in [0.5, 0.6) is 0 Å². The molecule has 2 amide bonds. The van der Waals surface area contributed by atoms with Crippen LogP contribution in [-0.2, 0) is 4.79 Å². The van der Waals surface area contributed by atoms with Crippen LogP contribution in [0, 0.1) is 5.92 Å². The zero-order chi connectivity index (χ0) is 13.1. The first-order valence-electron chi connectivity index (χ1n) is 5.53. The number of aromatic nitrogens is 3. The van der Waals surface area contributed by atoms with E-state index in [9.17, 15) is 9.59 Å². The fourth-order valence-electron chi connectivity index (χ4n) is 1.96. The molecule has 1 aliphatic heterocycles. The number of likely N-dealkylation sites (tertiary alicyclic amines) is 1. The molecule has 2 heterocycles. The van der Waals surface area contributed by atoms with Crippen LogP contribution in [0.2, 0.25) is 0 Å². The van der Waals surface area contributed by atoms with E-state index in [1.165, 1.54) is 4.90 Å². The molecular formula is C9H13N5O3S. The molecule has 1 aromatic heterocycles. The van der Waals surface area contributed by atoms with Crippen LogP contribution in [0.4, 0.5) is 9.93 Å². The molecule has 0 spiro atoms. The van der Waals surface area contributed by atoms with Crippen molar-refractivity contribution in [1.29, 1.82) is 0 Å². The summed E-state index contributed by atoms with van der Waals surface area (Å²) in [6.07, 6.45) is 1.27. The average Bonchev–Trinajstić information content (AvgIpc) is 2.81. The normalized spacial score (nSPS) is 23.7. The fourth-order valence-corrected chi connectivity index (χ4v) is 2.32. The first-order valence-corrected chi connectivity index (χ1v) is 6.30. The maximum absolute atomic E-state index is 11.9. The lowest BCUT2D eigenvalue weighted by Crippen LogP contribution is -2.51. The second-order valence-corrected chi connectivity index (χ2v) is 5.01. The van der Waals surface area contributed by atoms with Crippen LogP contribution in [0.3, 0.4) is 0 Å². The number of carbonyl (C=O) groups excluding carboxylic acids is 1. The number of carboxylic acid groups (broad SMARTS) is 1. The van der Waals surface area contributed by atoms with Gasteiger partial charge in [-0.1, -0.05) is 16.5 Å². The number of hydrogen-bond acceptors (Lipinski definition) is 6. The molecule has 18 heavy (non-hydrogen) atoms. The molecule has 1 aliphatic rings. The Hall–Kier alpha value is -1.77. The molecule has 2 rings (SSSR count). The van der Waals surface area contributed by atoms with E-state index in [4.69, 9.17) is 5.11 Å². The molecule has 98 valence electrons. The number of nitrogens with one attached hydrogen (secondary N) is 1. The SMILES string of the molecule is CC1CCN(C(=O)Nc2nnns2)C(C(=O)O)C1. The molecule has 1 saturated heterocycles. The van der Waals surface area contributed by atoms with E-state index < -0.39 is 18.0 Å². The Morgan fingerprint density at radius 3 is 2.94 bits per heavy atom. The maximum Gasteiger partial charge on any atom is 0.326 e. The monoisotopic (exact) mass is 271 g/mol. The van der Waals surface area contributed by atoms with E-state index in [2.05, 4.69) is 20.1 Å². The van der Waals surface area contributed by atoms with Crippen molar-refractivity contribution in [1.82, 2.24) is 19.7 Å². The van der Waals surface area contributed by atoms with Crippen molar-refractivity contribution in [3.05, 3.63) is 0 Å². The summed E-state index contributed by atoms with van der Waals surface area (Å²) in [4.78, 5) is 24.4. The Morgan fingerprint density at radius 2 is 2.33 bits per heavy atom. The van der Waals surface area contributed by atoms with E-state index >= 15 is 0 Å². The van der Waals surface area contributed by atoms with Gasteiger partial charge >= 0.3 is 12.0 Å². The number of amides is 2. The Kier molecular flexibility index (Phi) is 3.70. The van der Waals surface area contributed by atoms with Crippen molar-refractivity contribution in [3.8, 4) is 0 Å². The van der Waals surface area contributed by atoms with E-state index in [1.807, 2.05) is 6.92 Å². The third-order valence-corrected chi connectivity index (χ3v) is 3.44. The van der Waals surface area contributed by atoms with Gasteiger partial charge in [0, 0.05) is 18.1 Å². The molecule has 2 atom stereocenters. The average molecular weight is 271 g/mol. The highest BCUT2D eigenvalue weighted by atomic mass is 32.1. The first-order chi connectivity index (χ1) is 8.58. The summed E-state index contributed by atoms with van der Waals surface area (Å²) in [5.74, 6) is -0.676. The summed E-state index contributed by atoms with van der Waals surface area (Å²) in [5, 5.41) is 18.8. The number of carbonyl (C=O) groups is 2. The van der Waals surface area contributed by atoms with Gasteiger partial charge in [0.2, 0.25) is 5.13 Å². The molecule has 1 aromatic rings. The third-order valence-electron chi connectivity index (χ3n) is 2.92. The molecule has 0 aliphatic carbocycles.